The minimum Gasteiger partial charge on any atom is -0.368 e. The number of benzene rings is 1. The van der Waals surface area contributed by atoms with Gasteiger partial charge in [-0.2, -0.15) is 28.1 Å². The lowest BCUT2D eigenvalue weighted by molar-refractivity contribution is -0.129. The van der Waals surface area contributed by atoms with Gasteiger partial charge in [-0.3, -0.25) is 0 Å². The molecule has 1 aromatic heterocycles. The van der Waals surface area contributed by atoms with Crippen molar-refractivity contribution in [2.75, 3.05) is 16.8 Å². The Labute approximate surface area is 152 Å². The summed E-state index contributed by atoms with van der Waals surface area (Å²) in [6.07, 6.45) is -5.07. The van der Waals surface area contributed by atoms with Crippen LogP contribution < -0.4 is 15.9 Å². The largest absolute Gasteiger partial charge is 0.389 e. The van der Waals surface area contributed by atoms with Crippen LogP contribution in [-0.2, 0) is 0 Å². The molecule has 3 N–H and O–H groups in total. The number of hydrogen-bond acceptors (Lipinski definition) is 8. The second-order valence-corrected chi connectivity index (χ2v) is 6.40. The van der Waals surface area contributed by atoms with Crippen molar-refractivity contribution in [3.63, 3.8) is 0 Å². The molecule has 0 saturated carbocycles. The maximum absolute atomic E-state index is 12.3. The molecule has 1 heterocycles. The zero-order valence-electron chi connectivity index (χ0n) is 14.0. The molecule has 0 aliphatic rings. The summed E-state index contributed by atoms with van der Waals surface area (Å²) >= 11 is 1.08. The fourth-order valence-electron chi connectivity index (χ4n) is 1.69. The smallest absolute Gasteiger partial charge is 0.368 e. The van der Waals surface area contributed by atoms with E-state index < -0.39 is 12.6 Å². The van der Waals surface area contributed by atoms with Crippen LogP contribution in [0.2, 0.25) is 0 Å². The van der Waals surface area contributed by atoms with Crippen LogP contribution in [0.1, 0.15) is 20.3 Å². The molecule has 0 aliphatic heterocycles. The molecule has 0 bridgehead atoms. The van der Waals surface area contributed by atoms with Crippen molar-refractivity contribution in [2.45, 2.75) is 31.3 Å². The van der Waals surface area contributed by atoms with Crippen molar-refractivity contribution in [3.8, 4) is 6.01 Å². The first-order valence-corrected chi connectivity index (χ1v) is 8.47. The Hall–Kier alpha value is -2.56. The van der Waals surface area contributed by atoms with Gasteiger partial charge in [0.05, 0.1) is 17.8 Å². The quantitative estimate of drug-likeness (QED) is 0.421. The minimum absolute atomic E-state index is 0.0799. The van der Waals surface area contributed by atoms with Crippen LogP contribution in [-0.4, -0.2) is 32.6 Å². The van der Waals surface area contributed by atoms with Crippen molar-refractivity contribution >= 4 is 35.1 Å². The number of nitrogen functional groups attached to an aromatic ring is 1. The molecule has 1 aromatic carbocycles. The maximum atomic E-state index is 12.3. The first kappa shape index (κ1) is 19.8. The molecule has 2 aromatic rings. The average molecular weight is 386 g/mol. The van der Waals surface area contributed by atoms with E-state index in [2.05, 4.69) is 25.4 Å². The van der Waals surface area contributed by atoms with E-state index in [4.69, 9.17) is 10.6 Å². The number of alkyl halides is 3. The summed E-state index contributed by atoms with van der Waals surface area (Å²) in [4.78, 5) is 17.4. The van der Waals surface area contributed by atoms with Gasteiger partial charge in [-0.05, 0) is 26.0 Å². The fraction of sp³-hybridized carbons (Fsp3) is 0.333. The molecule has 0 atom stereocenters. The number of halogens is 3. The number of anilines is 3. The van der Waals surface area contributed by atoms with Crippen molar-refractivity contribution < 1.29 is 18.0 Å². The molecule has 26 heavy (non-hydrogen) atoms. The summed E-state index contributed by atoms with van der Waals surface area (Å²) in [5.41, 5.74) is 6.83. The van der Waals surface area contributed by atoms with E-state index in [9.17, 15) is 13.2 Å². The first-order chi connectivity index (χ1) is 12.2. The van der Waals surface area contributed by atoms with E-state index in [0.29, 0.717) is 16.3 Å². The summed E-state index contributed by atoms with van der Waals surface area (Å²) in [6, 6.07) is 6.78. The van der Waals surface area contributed by atoms with Crippen molar-refractivity contribution in [3.05, 3.63) is 24.3 Å². The maximum Gasteiger partial charge on any atom is 0.389 e. The number of nitrogens with zero attached hydrogens (tertiary/aromatic N) is 4. The van der Waals surface area contributed by atoms with Crippen molar-refractivity contribution in [1.82, 2.24) is 15.0 Å². The molecule has 0 radical (unpaired) electrons. The molecular formula is C15H17F3N6OS. The summed E-state index contributed by atoms with van der Waals surface area (Å²) in [6.45, 7) is 3.47. The van der Waals surface area contributed by atoms with Gasteiger partial charge in [-0.1, -0.05) is 17.3 Å². The van der Waals surface area contributed by atoms with Crippen LogP contribution in [0, 0.1) is 0 Å². The van der Waals surface area contributed by atoms with Gasteiger partial charge < -0.3 is 15.9 Å². The van der Waals surface area contributed by atoms with E-state index in [1.807, 2.05) is 0 Å². The Morgan fingerprint density at radius 1 is 1.23 bits per heavy atom. The summed E-state index contributed by atoms with van der Waals surface area (Å²) in [5.74, 6) is -0.0793. The third kappa shape index (κ3) is 6.75. The molecule has 0 saturated heterocycles. The van der Waals surface area contributed by atoms with E-state index in [0.717, 1.165) is 11.8 Å². The fourth-order valence-corrected chi connectivity index (χ4v) is 2.70. The lowest BCUT2D eigenvalue weighted by Crippen LogP contribution is -2.08. The second kappa shape index (κ2) is 8.70. The Kier molecular flexibility index (Phi) is 6.61. The molecule has 0 amide bonds. The Morgan fingerprint density at radius 3 is 2.65 bits per heavy atom. The number of nitrogens with one attached hydrogen (secondary N) is 1. The van der Waals surface area contributed by atoms with Crippen molar-refractivity contribution in [1.29, 1.82) is 0 Å². The first-order valence-electron chi connectivity index (χ1n) is 7.48. The van der Waals surface area contributed by atoms with Gasteiger partial charge in [0, 0.05) is 10.6 Å². The lowest BCUT2D eigenvalue weighted by atomic mass is 10.3. The van der Waals surface area contributed by atoms with Gasteiger partial charge in [0.15, 0.2) is 0 Å². The number of oxime groups is 1. The van der Waals surface area contributed by atoms with Crippen LogP contribution in [0.5, 0.6) is 6.01 Å². The lowest BCUT2D eigenvalue weighted by Gasteiger charge is -2.11. The van der Waals surface area contributed by atoms with Gasteiger partial charge in [-0.25, -0.2) is 0 Å². The molecule has 2 rings (SSSR count). The highest BCUT2D eigenvalue weighted by atomic mass is 32.2. The molecule has 7 nitrogen and oxygen atoms in total. The monoisotopic (exact) mass is 386 g/mol. The molecule has 11 heteroatoms. The molecule has 0 aliphatic carbocycles. The van der Waals surface area contributed by atoms with Gasteiger partial charge in [0.25, 0.3) is 0 Å². The van der Waals surface area contributed by atoms with Crippen LogP contribution in [0.25, 0.3) is 0 Å². The number of hydrogen-bond donors (Lipinski definition) is 2. The normalized spacial score (nSPS) is 11.1. The van der Waals surface area contributed by atoms with Gasteiger partial charge in [0.1, 0.15) is 0 Å². The average Bonchev–Trinajstić information content (AvgIpc) is 2.53. The summed E-state index contributed by atoms with van der Waals surface area (Å²) < 4.78 is 37.0. The van der Waals surface area contributed by atoms with E-state index >= 15 is 0 Å². The Balaban J connectivity index is 2.14. The topological polar surface area (TPSA) is 98.3 Å². The number of rotatable bonds is 7. The third-order valence-electron chi connectivity index (χ3n) is 2.72. The van der Waals surface area contributed by atoms with Gasteiger partial charge in [0.2, 0.25) is 11.9 Å². The highest BCUT2D eigenvalue weighted by Gasteiger charge is 2.26. The molecular weight excluding hydrogens is 369 g/mol. The van der Waals surface area contributed by atoms with E-state index in [1.165, 1.54) is 0 Å². The van der Waals surface area contributed by atoms with Gasteiger partial charge >= 0.3 is 12.2 Å². The number of thioether (sulfide) groups is 1. The predicted molar refractivity (Wildman–Crippen MR) is 94.8 cm³/mol. The Bertz CT molecular complexity index is 780. The van der Waals surface area contributed by atoms with Crippen LogP contribution in [0.15, 0.2) is 34.3 Å². The molecule has 140 valence electrons. The van der Waals surface area contributed by atoms with Crippen LogP contribution >= 0.6 is 11.8 Å². The molecule has 0 spiro atoms. The molecule has 0 fully saturated rings. The zero-order valence-corrected chi connectivity index (χ0v) is 14.9. The summed E-state index contributed by atoms with van der Waals surface area (Å²) in [7, 11) is 0. The number of aromatic nitrogens is 3. The SMILES string of the molecule is CC(C)=NOc1nc(N)nc(Nc2ccccc2SCCC(F)(F)F)n1. The van der Waals surface area contributed by atoms with Crippen LogP contribution in [0.3, 0.4) is 0 Å². The number of nitrogens with two attached hydrogens (primary N) is 1. The summed E-state index contributed by atoms with van der Waals surface area (Å²) in [5, 5.41) is 6.65. The Morgan fingerprint density at radius 2 is 1.96 bits per heavy atom. The number of para-hydroxylation sites is 1. The third-order valence-corrected chi connectivity index (χ3v) is 3.79. The molecule has 0 unspecified atom stereocenters. The van der Waals surface area contributed by atoms with Crippen LogP contribution in [0.4, 0.5) is 30.8 Å². The minimum atomic E-state index is -4.19. The van der Waals surface area contributed by atoms with E-state index in [-0.39, 0.29) is 23.7 Å². The standard InChI is InChI=1S/C15H17F3N6OS/c1-9(2)24-25-14-22-12(19)21-13(23-14)20-10-5-3-4-6-11(10)26-8-7-15(16,17)18/h3-6H,7-8H2,1-2H3,(H3,19,20,21,22,23). The second-order valence-electron chi connectivity index (χ2n) is 5.26. The van der Waals surface area contributed by atoms with Crippen molar-refractivity contribution in [2.24, 2.45) is 5.16 Å². The highest BCUT2D eigenvalue weighted by molar-refractivity contribution is 7.99. The highest BCUT2D eigenvalue weighted by Crippen LogP contribution is 2.32. The van der Waals surface area contributed by atoms with E-state index in [1.54, 1.807) is 38.1 Å². The predicted octanol–water partition coefficient (Wildman–Crippen LogP) is 4.02. The van der Waals surface area contributed by atoms with Gasteiger partial charge in [-0.15, -0.1) is 11.8 Å². The zero-order chi connectivity index (χ0) is 19.2.